The van der Waals surface area contributed by atoms with Gasteiger partial charge in [-0.1, -0.05) is 18.5 Å². The molecular weight excluding hydrogens is 333 g/mol. The van der Waals surface area contributed by atoms with E-state index in [0.29, 0.717) is 12.3 Å². The van der Waals surface area contributed by atoms with Gasteiger partial charge in [-0.05, 0) is 12.1 Å². The van der Waals surface area contributed by atoms with E-state index in [4.69, 9.17) is 16.0 Å². The number of oxazole rings is 1. The summed E-state index contributed by atoms with van der Waals surface area (Å²) in [6, 6.07) is 2.44. The van der Waals surface area contributed by atoms with Crippen molar-refractivity contribution in [2.75, 3.05) is 4.72 Å². The molecule has 0 unspecified atom stereocenters. The van der Waals surface area contributed by atoms with E-state index in [-0.39, 0.29) is 26.7 Å². The molecule has 0 saturated heterocycles. The molecule has 1 aromatic carbocycles. The minimum atomic E-state index is -3.96. The number of fused-ring (bicyclic) bond motifs is 1. The molecule has 22 heavy (non-hydrogen) atoms. The predicted molar refractivity (Wildman–Crippen MR) is 80.0 cm³/mol. The number of aromatic nitrogens is 2. The van der Waals surface area contributed by atoms with Gasteiger partial charge in [0, 0.05) is 12.6 Å². The number of sulfonamides is 1. The molecule has 2 heterocycles. The number of rotatable bonds is 4. The average Bonchev–Trinajstić information content (AvgIpc) is 3.09. The summed E-state index contributed by atoms with van der Waals surface area (Å²) < 4.78 is 45.8. The normalized spacial score (nSPS) is 12.0. The van der Waals surface area contributed by atoms with Crippen LogP contribution >= 0.6 is 11.6 Å². The highest BCUT2D eigenvalue weighted by atomic mass is 35.5. The van der Waals surface area contributed by atoms with E-state index in [1.54, 1.807) is 6.92 Å². The van der Waals surface area contributed by atoms with Crippen LogP contribution in [-0.2, 0) is 16.4 Å². The number of H-pyrrole nitrogens is 1. The molecule has 0 spiro atoms. The van der Waals surface area contributed by atoms with E-state index < -0.39 is 15.8 Å². The Balaban J connectivity index is 2.04. The molecule has 3 rings (SSSR count). The summed E-state index contributed by atoms with van der Waals surface area (Å²) in [7, 11) is -3.96. The Morgan fingerprint density at radius 1 is 1.45 bits per heavy atom. The summed E-state index contributed by atoms with van der Waals surface area (Å²) in [6.45, 7) is 1.79. The summed E-state index contributed by atoms with van der Waals surface area (Å²) in [5.74, 6) is -0.232. The van der Waals surface area contributed by atoms with Gasteiger partial charge in [0.25, 0.3) is 15.1 Å². The van der Waals surface area contributed by atoms with Crippen LogP contribution in [0.1, 0.15) is 12.8 Å². The number of aromatic amines is 1. The lowest BCUT2D eigenvalue weighted by atomic mass is 10.2. The van der Waals surface area contributed by atoms with Crippen molar-refractivity contribution in [1.82, 2.24) is 9.97 Å². The number of hydrogen-bond donors (Lipinski definition) is 2. The van der Waals surface area contributed by atoms with Crippen molar-refractivity contribution in [3.8, 4) is 0 Å². The van der Waals surface area contributed by atoms with Crippen LogP contribution in [0.5, 0.6) is 0 Å². The molecule has 3 aromatic rings. The SMILES string of the molecule is CCc1ncc(S(=O)(=O)Nc2ccc(F)c3c(Cl)c[nH]c23)o1. The molecule has 0 fully saturated rings. The zero-order valence-electron chi connectivity index (χ0n) is 11.4. The molecule has 0 saturated carbocycles. The molecular formula is C13H11ClFN3O3S. The molecule has 0 radical (unpaired) electrons. The van der Waals surface area contributed by atoms with Gasteiger partial charge in [0.15, 0.2) is 5.89 Å². The first-order chi connectivity index (χ1) is 10.4. The van der Waals surface area contributed by atoms with E-state index in [0.717, 1.165) is 12.3 Å². The van der Waals surface area contributed by atoms with Gasteiger partial charge in [-0.25, -0.2) is 9.37 Å². The van der Waals surface area contributed by atoms with Crippen LogP contribution < -0.4 is 4.72 Å². The Labute approximate surface area is 130 Å². The molecule has 0 aliphatic carbocycles. The molecule has 0 bridgehead atoms. The van der Waals surface area contributed by atoms with Crippen LogP contribution in [0.15, 0.2) is 34.0 Å². The van der Waals surface area contributed by atoms with E-state index in [1.807, 2.05) is 0 Å². The quantitative estimate of drug-likeness (QED) is 0.760. The van der Waals surface area contributed by atoms with Gasteiger partial charge in [0.05, 0.1) is 27.8 Å². The zero-order valence-corrected chi connectivity index (χ0v) is 12.9. The smallest absolute Gasteiger partial charge is 0.297 e. The average molecular weight is 344 g/mol. The van der Waals surface area contributed by atoms with Crippen LogP contribution in [0.25, 0.3) is 10.9 Å². The highest BCUT2D eigenvalue weighted by molar-refractivity contribution is 7.92. The number of hydrogen-bond acceptors (Lipinski definition) is 4. The van der Waals surface area contributed by atoms with Crippen molar-refractivity contribution in [3.05, 3.63) is 41.3 Å². The Morgan fingerprint density at radius 2 is 2.23 bits per heavy atom. The topological polar surface area (TPSA) is 88.0 Å². The van der Waals surface area contributed by atoms with Gasteiger partial charge in [-0.2, -0.15) is 8.42 Å². The summed E-state index contributed by atoms with van der Waals surface area (Å²) in [4.78, 5) is 6.59. The van der Waals surface area contributed by atoms with Crippen molar-refractivity contribution in [2.24, 2.45) is 0 Å². The van der Waals surface area contributed by atoms with E-state index in [9.17, 15) is 12.8 Å². The molecule has 0 aliphatic heterocycles. The van der Waals surface area contributed by atoms with Gasteiger partial charge in [0.2, 0.25) is 0 Å². The fourth-order valence-corrected chi connectivity index (χ4v) is 3.23. The molecule has 2 N–H and O–H groups in total. The van der Waals surface area contributed by atoms with Gasteiger partial charge in [-0.15, -0.1) is 0 Å². The Kier molecular flexibility index (Phi) is 3.57. The minimum absolute atomic E-state index is 0.119. The maximum Gasteiger partial charge on any atom is 0.297 e. The van der Waals surface area contributed by atoms with E-state index >= 15 is 0 Å². The maximum absolute atomic E-state index is 13.8. The molecule has 116 valence electrons. The third-order valence-corrected chi connectivity index (χ3v) is 4.59. The monoisotopic (exact) mass is 343 g/mol. The fraction of sp³-hybridized carbons (Fsp3) is 0.154. The van der Waals surface area contributed by atoms with Crippen molar-refractivity contribution >= 4 is 38.2 Å². The Bertz CT molecular complexity index is 949. The largest absolute Gasteiger partial charge is 0.427 e. The van der Waals surface area contributed by atoms with Crippen LogP contribution in [0, 0.1) is 5.82 Å². The number of aryl methyl sites for hydroxylation is 1. The van der Waals surface area contributed by atoms with Gasteiger partial charge in [-0.3, -0.25) is 4.72 Å². The van der Waals surface area contributed by atoms with Crippen molar-refractivity contribution < 1.29 is 17.2 Å². The molecule has 0 atom stereocenters. The lowest BCUT2D eigenvalue weighted by molar-refractivity contribution is 0.412. The summed E-state index contributed by atoms with van der Waals surface area (Å²) >= 11 is 5.88. The molecule has 0 aliphatic rings. The number of halogens is 2. The highest BCUT2D eigenvalue weighted by Gasteiger charge is 2.22. The molecule has 0 amide bonds. The second-order valence-electron chi connectivity index (χ2n) is 4.51. The number of benzene rings is 1. The first-order valence-electron chi connectivity index (χ1n) is 6.35. The first kappa shape index (κ1) is 14.9. The lowest BCUT2D eigenvalue weighted by Crippen LogP contribution is -2.12. The van der Waals surface area contributed by atoms with E-state index in [2.05, 4.69) is 14.7 Å². The van der Waals surface area contributed by atoms with Crippen LogP contribution in [-0.4, -0.2) is 18.4 Å². The van der Waals surface area contributed by atoms with Crippen molar-refractivity contribution in [3.63, 3.8) is 0 Å². The summed E-state index contributed by atoms with van der Waals surface area (Å²) in [5.41, 5.74) is 0.418. The van der Waals surface area contributed by atoms with Gasteiger partial charge in [0.1, 0.15) is 5.82 Å². The molecule has 9 heteroatoms. The van der Waals surface area contributed by atoms with Crippen molar-refractivity contribution in [2.45, 2.75) is 18.4 Å². The number of nitrogens with one attached hydrogen (secondary N) is 2. The van der Waals surface area contributed by atoms with Crippen molar-refractivity contribution in [1.29, 1.82) is 0 Å². The number of anilines is 1. The van der Waals surface area contributed by atoms with Crippen LogP contribution in [0.2, 0.25) is 5.02 Å². The van der Waals surface area contributed by atoms with Crippen LogP contribution in [0.4, 0.5) is 10.1 Å². The van der Waals surface area contributed by atoms with Gasteiger partial charge >= 0.3 is 0 Å². The lowest BCUT2D eigenvalue weighted by Gasteiger charge is -2.07. The summed E-state index contributed by atoms with van der Waals surface area (Å²) in [5, 5.41) is -0.0188. The maximum atomic E-state index is 13.8. The molecule has 6 nitrogen and oxygen atoms in total. The first-order valence-corrected chi connectivity index (χ1v) is 8.21. The second-order valence-corrected chi connectivity index (χ2v) is 6.53. The molecule has 2 aromatic heterocycles. The second kappa shape index (κ2) is 5.29. The summed E-state index contributed by atoms with van der Waals surface area (Å²) in [6.07, 6.45) is 2.99. The third-order valence-electron chi connectivity index (χ3n) is 3.08. The zero-order chi connectivity index (χ0) is 15.9. The van der Waals surface area contributed by atoms with Crippen LogP contribution in [0.3, 0.4) is 0 Å². The fourth-order valence-electron chi connectivity index (χ4n) is 2.03. The Morgan fingerprint density at radius 3 is 2.91 bits per heavy atom. The minimum Gasteiger partial charge on any atom is -0.427 e. The standard InChI is InChI=1S/C13H11ClFN3O3S/c1-2-10-16-6-11(21-10)22(19,20)18-9-4-3-8(15)12-7(14)5-17-13(9)12/h3-6,17-18H,2H2,1H3. The number of nitrogens with zero attached hydrogens (tertiary/aromatic N) is 1. The third kappa shape index (κ3) is 2.44. The predicted octanol–water partition coefficient (Wildman–Crippen LogP) is 3.31. The Hall–Kier alpha value is -2.06. The highest BCUT2D eigenvalue weighted by Crippen LogP contribution is 2.32. The van der Waals surface area contributed by atoms with E-state index in [1.165, 1.54) is 12.3 Å². The van der Waals surface area contributed by atoms with Gasteiger partial charge < -0.3 is 9.40 Å².